The van der Waals surface area contributed by atoms with Gasteiger partial charge in [-0.15, -0.1) is 0 Å². The maximum Gasteiger partial charge on any atom is 0.0602 e. The standard InChI is InChI=1S/C24H42O2/c1-5-6-15(2)19-9-10-20-18-8-7-16-13-17(25)11-12-23(16,3)21(18)14-22(26)24(19,20)4/h15-22,25-26H,5-14H2,1-4H3/t15?,16?,17-,18-,19?,20+,21+,22?,23?,24?/m1/s1. The minimum atomic E-state index is -0.122. The van der Waals surface area contributed by atoms with E-state index in [1.807, 2.05) is 0 Å². The molecule has 4 aliphatic rings. The van der Waals surface area contributed by atoms with Crippen LogP contribution in [0.3, 0.4) is 0 Å². The maximum atomic E-state index is 11.5. The second-order valence-electron chi connectivity index (χ2n) is 11.2. The van der Waals surface area contributed by atoms with Gasteiger partial charge < -0.3 is 10.2 Å². The Labute approximate surface area is 161 Å². The van der Waals surface area contributed by atoms with Gasteiger partial charge in [0.25, 0.3) is 0 Å². The molecule has 6 unspecified atom stereocenters. The van der Waals surface area contributed by atoms with Crippen LogP contribution in [0.2, 0.25) is 0 Å². The summed E-state index contributed by atoms with van der Waals surface area (Å²) in [5, 5.41) is 21.7. The van der Waals surface area contributed by atoms with Gasteiger partial charge in [-0.05, 0) is 97.7 Å². The van der Waals surface area contributed by atoms with E-state index in [1.54, 1.807) is 0 Å². The van der Waals surface area contributed by atoms with E-state index in [0.717, 1.165) is 37.0 Å². The number of hydrogen-bond donors (Lipinski definition) is 2. The van der Waals surface area contributed by atoms with E-state index in [0.29, 0.717) is 23.2 Å². The van der Waals surface area contributed by atoms with Gasteiger partial charge in [0.05, 0.1) is 12.2 Å². The Morgan fingerprint density at radius 1 is 0.962 bits per heavy atom. The first-order valence-electron chi connectivity index (χ1n) is 11.7. The molecule has 150 valence electrons. The van der Waals surface area contributed by atoms with Crippen molar-refractivity contribution in [2.45, 2.75) is 104 Å². The molecule has 2 nitrogen and oxygen atoms in total. The van der Waals surface area contributed by atoms with E-state index >= 15 is 0 Å². The molecule has 4 fully saturated rings. The van der Waals surface area contributed by atoms with Gasteiger partial charge in [-0.3, -0.25) is 0 Å². The quantitative estimate of drug-likeness (QED) is 0.704. The summed E-state index contributed by atoms with van der Waals surface area (Å²) in [5.41, 5.74) is 0.505. The Kier molecular flexibility index (Phi) is 5.01. The van der Waals surface area contributed by atoms with Gasteiger partial charge >= 0.3 is 0 Å². The monoisotopic (exact) mass is 362 g/mol. The molecule has 0 spiro atoms. The fourth-order valence-electron chi connectivity index (χ4n) is 8.82. The molecule has 0 amide bonds. The number of aliphatic hydroxyl groups excluding tert-OH is 2. The molecule has 26 heavy (non-hydrogen) atoms. The van der Waals surface area contributed by atoms with Gasteiger partial charge in [0, 0.05) is 0 Å². The van der Waals surface area contributed by atoms with Crippen molar-refractivity contribution in [3.63, 3.8) is 0 Å². The Morgan fingerprint density at radius 3 is 2.46 bits per heavy atom. The highest BCUT2D eigenvalue weighted by Gasteiger charge is 2.63. The molecule has 0 aliphatic heterocycles. The Bertz CT molecular complexity index is 518. The van der Waals surface area contributed by atoms with Crippen LogP contribution in [0.1, 0.15) is 91.9 Å². The summed E-state index contributed by atoms with van der Waals surface area (Å²) in [6.07, 6.45) is 11.9. The highest BCUT2D eigenvalue weighted by Crippen LogP contribution is 2.68. The molecule has 4 rings (SSSR count). The Balaban J connectivity index is 1.61. The van der Waals surface area contributed by atoms with Crippen molar-refractivity contribution in [2.24, 2.45) is 46.3 Å². The molecule has 0 aromatic carbocycles. The lowest BCUT2D eigenvalue weighted by molar-refractivity contribution is -0.174. The first-order chi connectivity index (χ1) is 12.3. The van der Waals surface area contributed by atoms with Crippen LogP contribution in [0.5, 0.6) is 0 Å². The molecular formula is C24H42O2. The molecule has 0 saturated heterocycles. The third-order valence-corrected chi connectivity index (χ3v) is 10.2. The van der Waals surface area contributed by atoms with Crippen molar-refractivity contribution in [1.29, 1.82) is 0 Å². The lowest BCUT2D eigenvalue weighted by atomic mass is 9.43. The minimum absolute atomic E-state index is 0.0749. The summed E-state index contributed by atoms with van der Waals surface area (Å²) >= 11 is 0. The summed E-state index contributed by atoms with van der Waals surface area (Å²) in [5.74, 6) is 4.37. The molecule has 2 N–H and O–H groups in total. The van der Waals surface area contributed by atoms with Gasteiger partial charge in [-0.1, -0.05) is 40.5 Å². The molecule has 0 heterocycles. The SMILES string of the molecule is CCCC(C)C1CC[C@H]2[C@H]3CCC4C[C@H](O)CCC4(C)[C@H]3CC(O)C12C. The van der Waals surface area contributed by atoms with Crippen molar-refractivity contribution in [3.8, 4) is 0 Å². The predicted octanol–water partition coefficient (Wildman–Crippen LogP) is 5.41. The van der Waals surface area contributed by atoms with Crippen molar-refractivity contribution >= 4 is 0 Å². The van der Waals surface area contributed by atoms with E-state index in [2.05, 4.69) is 27.7 Å². The molecule has 0 radical (unpaired) electrons. The summed E-state index contributed by atoms with van der Waals surface area (Å²) in [6.45, 7) is 9.73. The van der Waals surface area contributed by atoms with Crippen LogP contribution in [0, 0.1) is 46.3 Å². The molecule has 0 bridgehead atoms. The lowest BCUT2D eigenvalue weighted by Crippen LogP contribution is -2.58. The van der Waals surface area contributed by atoms with E-state index in [4.69, 9.17) is 0 Å². The Morgan fingerprint density at radius 2 is 1.73 bits per heavy atom. The van der Waals surface area contributed by atoms with Gasteiger partial charge in [-0.2, -0.15) is 0 Å². The fraction of sp³-hybridized carbons (Fsp3) is 1.00. The fourth-order valence-corrected chi connectivity index (χ4v) is 8.82. The van der Waals surface area contributed by atoms with Crippen LogP contribution in [-0.2, 0) is 0 Å². The predicted molar refractivity (Wildman–Crippen MR) is 107 cm³/mol. The molecule has 2 heteroatoms. The van der Waals surface area contributed by atoms with Crippen molar-refractivity contribution in [2.75, 3.05) is 0 Å². The van der Waals surface area contributed by atoms with E-state index in [9.17, 15) is 10.2 Å². The molecule has 4 saturated carbocycles. The smallest absolute Gasteiger partial charge is 0.0602 e. The van der Waals surface area contributed by atoms with E-state index in [-0.39, 0.29) is 17.6 Å². The maximum absolute atomic E-state index is 11.5. The lowest BCUT2D eigenvalue weighted by Gasteiger charge is -2.62. The average molecular weight is 363 g/mol. The Hall–Kier alpha value is -0.0800. The van der Waals surface area contributed by atoms with Crippen LogP contribution in [0.25, 0.3) is 0 Å². The van der Waals surface area contributed by atoms with Crippen LogP contribution < -0.4 is 0 Å². The first-order valence-corrected chi connectivity index (χ1v) is 11.7. The zero-order chi connectivity index (χ0) is 18.7. The minimum Gasteiger partial charge on any atom is -0.393 e. The number of hydrogen-bond acceptors (Lipinski definition) is 2. The zero-order valence-corrected chi connectivity index (χ0v) is 17.6. The van der Waals surface area contributed by atoms with Crippen LogP contribution in [0.15, 0.2) is 0 Å². The molecule has 0 aromatic rings. The number of fused-ring (bicyclic) bond motifs is 5. The molecule has 0 aromatic heterocycles. The highest BCUT2D eigenvalue weighted by atomic mass is 16.3. The summed E-state index contributed by atoms with van der Waals surface area (Å²) in [6, 6.07) is 0. The molecule has 4 aliphatic carbocycles. The second-order valence-corrected chi connectivity index (χ2v) is 11.2. The highest BCUT2D eigenvalue weighted by molar-refractivity contribution is 5.12. The molecular weight excluding hydrogens is 320 g/mol. The van der Waals surface area contributed by atoms with E-state index in [1.165, 1.54) is 44.9 Å². The van der Waals surface area contributed by atoms with E-state index < -0.39 is 0 Å². The van der Waals surface area contributed by atoms with Crippen molar-refractivity contribution in [1.82, 2.24) is 0 Å². The van der Waals surface area contributed by atoms with Crippen molar-refractivity contribution in [3.05, 3.63) is 0 Å². The summed E-state index contributed by atoms with van der Waals surface area (Å²) in [7, 11) is 0. The normalized spacial score (nSPS) is 54.9. The van der Waals surface area contributed by atoms with Crippen LogP contribution >= 0.6 is 0 Å². The van der Waals surface area contributed by atoms with Gasteiger partial charge in [0.2, 0.25) is 0 Å². The number of aliphatic hydroxyl groups is 2. The second kappa shape index (κ2) is 6.76. The average Bonchev–Trinajstić information content (AvgIpc) is 2.96. The zero-order valence-electron chi connectivity index (χ0n) is 17.6. The summed E-state index contributed by atoms with van der Waals surface area (Å²) in [4.78, 5) is 0. The van der Waals surface area contributed by atoms with Gasteiger partial charge in [0.15, 0.2) is 0 Å². The first kappa shape index (κ1) is 19.2. The topological polar surface area (TPSA) is 40.5 Å². The van der Waals surface area contributed by atoms with Crippen LogP contribution in [-0.4, -0.2) is 22.4 Å². The molecule has 10 atom stereocenters. The largest absolute Gasteiger partial charge is 0.393 e. The number of rotatable bonds is 3. The van der Waals surface area contributed by atoms with Crippen molar-refractivity contribution < 1.29 is 10.2 Å². The summed E-state index contributed by atoms with van der Waals surface area (Å²) < 4.78 is 0. The third-order valence-electron chi connectivity index (χ3n) is 10.2. The van der Waals surface area contributed by atoms with Gasteiger partial charge in [-0.25, -0.2) is 0 Å². The third kappa shape index (κ3) is 2.65. The van der Waals surface area contributed by atoms with Crippen LogP contribution in [0.4, 0.5) is 0 Å². The van der Waals surface area contributed by atoms with Gasteiger partial charge in [0.1, 0.15) is 0 Å².